The van der Waals surface area contributed by atoms with Crippen molar-refractivity contribution < 1.29 is 9.21 Å². The number of nitrogens with zero attached hydrogens (tertiary/aromatic N) is 3. The zero-order valence-corrected chi connectivity index (χ0v) is 15.2. The van der Waals surface area contributed by atoms with Crippen molar-refractivity contribution in [3.63, 3.8) is 0 Å². The summed E-state index contributed by atoms with van der Waals surface area (Å²) in [5, 5.41) is 3.53. The van der Waals surface area contributed by atoms with E-state index in [1.165, 1.54) is 11.8 Å². The van der Waals surface area contributed by atoms with Crippen molar-refractivity contribution in [3.05, 3.63) is 60.7 Å². The maximum Gasteiger partial charge on any atom is 0.230 e. The molecular weight excluding hydrogens is 360 g/mol. The van der Waals surface area contributed by atoms with Crippen LogP contribution in [0.25, 0.3) is 0 Å². The summed E-state index contributed by atoms with van der Waals surface area (Å²) in [6, 6.07) is 5.25. The standard InChI is InChI=1S/C17H19ClN4O2S/c1-3-7-22(8-4-2)15-10-14(18)20-17(21-15)25-12-16(23)19-11-13-6-5-9-24-13/h3-6,9-10H,1-2,7-8,11-12H2,(H,19,23). The highest BCUT2D eigenvalue weighted by atomic mass is 35.5. The van der Waals surface area contributed by atoms with Gasteiger partial charge in [0, 0.05) is 19.2 Å². The first-order chi connectivity index (χ1) is 12.1. The summed E-state index contributed by atoms with van der Waals surface area (Å²) < 4.78 is 5.17. The molecule has 0 aliphatic carbocycles. The zero-order chi connectivity index (χ0) is 18.1. The van der Waals surface area contributed by atoms with E-state index in [0.29, 0.717) is 41.5 Å². The monoisotopic (exact) mass is 378 g/mol. The fourth-order valence-corrected chi connectivity index (χ4v) is 2.88. The van der Waals surface area contributed by atoms with Crippen molar-refractivity contribution in [2.75, 3.05) is 23.7 Å². The summed E-state index contributed by atoms with van der Waals surface area (Å²) in [5.74, 6) is 1.41. The highest BCUT2D eigenvalue weighted by molar-refractivity contribution is 7.99. The number of anilines is 1. The van der Waals surface area contributed by atoms with E-state index in [1.54, 1.807) is 36.6 Å². The molecule has 2 heterocycles. The number of hydrogen-bond donors (Lipinski definition) is 1. The number of amides is 1. The Morgan fingerprint density at radius 2 is 2.12 bits per heavy atom. The summed E-state index contributed by atoms with van der Waals surface area (Å²) in [5.41, 5.74) is 0. The van der Waals surface area contributed by atoms with Crippen LogP contribution in [0.3, 0.4) is 0 Å². The molecule has 0 spiro atoms. The van der Waals surface area contributed by atoms with Gasteiger partial charge >= 0.3 is 0 Å². The van der Waals surface area contributed by atoms with E-state index in [4.69, 9.17) is 16.0 Å². The van der Waals surface area contributed by atoms with Crippen LogP contribution < -0.4 is 10.2 Å². The highest BCUT2D eigenvalue weighted by Gasteiger charge is 2.11. The quantitative estimate of drug-likeness (QED) is 0.296. The SMILES string of the molecule is C=CCN(CC=C)c1cc(Cl)nc(SCC(=O)NCc2ccco2)n1. The van der Waals surface area contributed by atoms with Gasteiger partial charge in [-0.15, -0.1) is 13.2 Å². The van der Waals surface area contributed by atoms with E-state index in [9.17, 15) is 4.79 Å². The Morgan fingerprint density at radius 3 is 2.76 bits per heavy atom. The predicted octanol–water partition coefficient (Wildman–Crippen LogP) is 3.31. The van der Waals surface area contributed by atoms with Crippen LogP contribution in [0, 0.1) is 0 Å². The minimum atomic E-state index is -0.138. The lowest BCUT2D eigenvalue weighted by Gasteiger charge is -2.20. The van der Waals surface area contributed by atoms with Crippen LogP contribution in [0.5, 0.6) is 0 Å². The molecule has 0 saturated carbocycles. The first-order valence-corrected chi connectivity index (χ1v) is 8.92. The molecule has 0 aromatic carbocycles. The van der Waals surface area contributed by atoms with Gasteiger partial charge in [-0.25, -0.2) is 9.97 Å². The molecular formula is C17H19ClN4O2S. The molecule has 132 valence electrons. The van der Waals surface area contributed by atoms with E-state index in [2.05, 4.69) is 28.4 Å². The smallest absolute Gasteiger partial charge is 0.230 e. The van der Waals surface area contributed by atoms with E-state index >= 15 is 0 Å². The van der Waals surface area contributed by atoms with Crippen molar-refractivity contribution >= 4 is 35.1 Å². The van der Waals surface area contributed by atoms with Crippen LogP contribution in [0.2, 0.25) is 5.15 Å². The number of carbonyl (C=O) groups is 1. The number of halogens is 1. The lowest BCUT2D eigenvalue weighted by molar-refractivity contribution is -0.118. The molecule has 6 nitrogen and oxygen atoms in total. The van der Waals surface area contributed by atoms with Gasteiger partial charge in [0.15, 0.2) is 5.16 Å². The van der Waals surface area contributed by atoms with Crippen LogP contribution >= 0.6 is 23.4 Å². The maximum atomic E-state index is 11.9. The molecule has 0 atom stereocenters. The Kier molecular flexibility index (Phi) is 7.56. The lowest BCUT2D eigenvalue weighted by atomic mass is 10.4. The number of thioether (sulfide) groups is 1. The van der Waals surface area contributed by atoms with Gasteiger partial charge in [0.2, 0.25) is 5.91 Å². The second-order valence-corrected chi connectivity index (χ2v) is 6.29. The van der Waals surface area contributed by atoms with Crippen molar-refractivity contribution in [3.8, 4) is 0 Å². The van der Waals surface area contributed by atoms with Crippen LogP contribution in [0.15, 0.2) is 59.3 Å². The third-order valence-corrected chi connectivity index (χ3v) is 4.10. The van der Waals surface area contributed by atoms with Gasteiger partial charge in [-0.3, -0.25) is 4.79 Å². The Hall–Kier alpha value is -2.25. The van der Waals surface area contributed by atoms with E-state index < -0.39 is 0 Å². The number of nitrogens with one attached hydrogen (secondary N) is 1. The summed E-state index contributed by atoms with van der Waals surface area (Å²) in [6.07, 6.45) is 5.11. The minimum Gasteiger partial charge on any atom is -0.467 e. The molecule has 0 fully saturated rings. The molecule has 8 heteroatoms. The first-order valence-electron chi connectivity index (χ1n) is 7.55. The molecule has 0 saturated heterocycles. The third kappa shape index (κ3) is 6.28. The fourth-order valence-electron chi connectivity index (χ4n) is 1.97. The van der Waals surface area contributed by atoms with E-state index in [1.807, 2.05) is 4.90 Å². The molecule has 2 rings (SSSR count). The van der Waals surface area contributed by atoms with Gasteiger partial charge in [-0.1, -0.05) is 35.5 Å². The fraction of sp³-hybridized carbons (Fsp3) is 0.235. The van der Waals surface area contributed by atoms with Gasteiger partial charge in [-0.05, 0) is 12.1 Å². The number of carbonyl (C=O) groups excluding carboxylic acids is 1. The van der Waals surface area contributed by atoms with Crippen LogP contribution in [0.4, 0.5) is 5.82 Å². The Morgan fingerprint density at radius 1 is 1.36 bits per heavy atom. The largest absolute Gasteiger partial charge is 0.467 e. The van der Waals surface area contributed by atoms with E-state index in [-0.39, 0.29) is 11.7 Å². The molecule has 0 aliphatic rings. The summed E-state index contributed by atoms with van der Waals surface area (Å²) in [4.78, 5) is 22.5. The molecule has 2 aromatic rings. The Bertz CT molecular complexity index is 711. The number of rotatable bonds is 10. The Balaban J connectivity index is 1.95. The lowest BCUT2D eigenvalue weighted by Crippen LogP contribution is -2.25. The van der Waals surface area contributed by atoms with Crippen LogP contribution in [0.1, 0.15) is 5.76 Å². The summed E-state index contributed by atoms with van der Waals surface area (Å²) in [6.45, 7) is 9.03. The predicted molar refractivity (Wildman–Crippen MR) is 101 cm³/mol. The minimum absolute atomic E-state index is 0.138. The molecule has 25 heavy (non-hydrogen) atoms. The zero-order valence-electron chi connectivity index (χ0n) is 13.7. The number of furan rings is 1. The Labute approximate surface area is 156 Å². The van der Waals surface area contributed by atoms with Crippen molar-refractivity contribution in [2.24, 2.45) is 0 Å². The summed E-state index contributed by atoms with van der Waals surface area (Å²) in [7, 11) is 0. The molecule has 0 aliphatic heterocycles. The van der Waals surface area contributed by atoms with Gasteiger partial charge in [-0.2, -0.15) is 0 Å². The van der Waals surface area contributed by atoms with E-state index in [0.717, 1.165) is 0 Å². The molecule has 0 unspecified atom stereocenters. The normalized spacial score (nSPS) is 10.3. The van der Waals surface area contributed by atoms with Crippen molar-refractivity contribution in [2.45, 2.75) is 11.7 Å². The average molecular weight is 379 g/mol. The third-order valence-electron chi connectivity index (χ3n) is 3.06. The maximum absolute atomic E-state index is 11.9. The van der Waals surface area contributed by atoms with Crippen LogP contribution in [-0.4, -0.2) is 34.7 Å². The molecule has 0 bridgehead atoms. The number of aromatic nitrogens is 2. The van der Waals surface area contributed by atoms with Crippen molar-refractivity contribution in [1.29, 1.82) is 0 Å². The molecule has 2 aromatic heterocycles. The average Bonchev–Trinajstić information content (AvgIpc) is 3.11. The second kappa shape index (κ2) is 9.90. The van der Waals surface area contributed by atoms with Gasteiger partial charge in [0.05, 0.1) is 18.6 Å². The van der Waals surface area contributed by atoms with Gasteiger partial charge in [0.25, 0.3) is 0 Å². The van der Waals surface area contributed by atoms with Crippen molar-refractivity contribution in [1.82, 2.24) is 15.3 Å². The highest BCUT2D eigenvalue weighted by Crippen LogP contribution is 2.22. The molecule has 0 radical (unpaired) electrons. The molecule has 1 N–H and O–H groups in total. The van der Waals surface area contributed by atoms with Crippen LogP contribution in [-0.2, 0) is 11.3 Å². The molecule has 1 amide bonds. The van der Waals surface area contributed by atoms with Gasteiger partial charge in [0.1, 0.15) is 16.7 Å². The van der Waals surface area contributed by atoms with Gasteiger partial charge < -0.3 is 14.6 Å². The first kappa shape index (κ1) is 19.1. The summed E-state index contributed by atoms with van der Waals surface area (Å²) >= 11 is 7.30. The topological polar surface area (TPSA) is 71.3 Å². The second-order valence-electron chi connectivity index (χ2n) is 4.96. The number of hydrogen-bond acceptors (Lipinski definition) is 6.